The van der Waals surface area contributed by atoms with Gasteiger partial charge in [-0.15, -0.1) is 0 Å². The third-order valence-electron chi connectivity index (χ3n) is 8.51. The summed E-state index contributed by atoms with van der Waals surface area (Å²) >= 11 is 0. The van der Waals surface area contributed by atoms with Gasteiger partial charge in [-0.1, -0.05) is 118 Å². The molecule has 5 nitrogen and oxygen atoms in total. The first-order valence-electron chi connectivity index (χ1n) is 15.9. The Morgan fingerprint density at radius 3 is 2.07 bits per heavy atom. The van der Waals surface area contributed by atoms with Gasteiger partial charge in [0.25, 0.3) is 5.91 Å². The fraction of sp³-hybridized carbons (Fsp3) is 0.333. The van der Waals surface area contributed by atoms with Crippen molar-refractivity contribution in [3.05, 3.63) is 131 Å². The predicted molar refractivity (Wildman–Crippen MR) is 180 cm³/mol. The zero-order valence-corrected chi connectivity index (χ0v) is 26.2. The molecule has 1 unspecified atom stereocenters. The monoisotopic (exact) mass is 587 g/mol. The fourth-order valence-corrected chi connectivity index (χ4v) is 5.64. The lowest BCUT2D eigenvalue weighted by molar-refractivity contribution is -0.123. The van der Waals surface area contributed by atoms with E-state index in [1.165, 1.54) is 17.5 Å². The molecule has 0 aromatic heterocycles. The normalized spacial score (nSPS) is 16.6. The maximum atomic E-state index is 13.4. The number of hydrogen-bond donors (Lipinski definition) is 3. The first-order chi connectivity index (χ1) is 21.3. The van der Waals surface area contributed by atoms with Crippen LogP contribution in [0.15, 0.2) is 109 Å². The van der Waals surface area contributed by atoms with Gasteiger partial charge < -0.3 is 16.0 Å². The molecule has 0 bridgehead atoms. The summed E-state index contributed by atoms with van der Waals surface area (Å²) in [5.41, 5.74) is 6.46. The van der Waals surface area contributed by atoms with E-state index in [9.17, 15) is 9.59 Å². The molecule has 228 valence electrons. The zero-order chi connectivity index (χ0) is 30.9. The van der Waals surface area contributed by atoms with E-state index >= 15 is 0 Å². The largest absolute Gasteiger partial charge is 0.350 e. The quantitative estimate of drug-likeness (QED) is 0.143. The van der Waals surface area contributed by atoms with Crippen molar-refractivity contribution in [1.82, 2.24) is 16.0 Å². The molecule has 0 heterocycles. The van der Waals surface area contributed by atoms with Gasteiger partial charge in [-0.2, -0.15) is 0 Å². The van der Waals surface area contributed by atoms with Crippen molar-refractivity contribution in [1.29, 1.82) is 0 Å². The number of unbranched alkanes of at least 4 members (excludes halogenated alkanes) is 1. The van der Waals surface area contributed by atoms with Crippen molar-refractivity contribution in [3.63, 3.8) is 0 Å². The number of carbonyl (C=O) groups excluding carboxylic acids is 2. The number of nitrogens with one attached hydrogen (secondary N) is 3. The summed E-state index contributed by atoms with van der Waals surface area (Å²) in [5, 5.41) is 9.76. The van der Waals surface area contributed by atoms with Crippen molar-refractivity contribution in [2.24, 2.45) is 0 Å². The molecule has 2 amide bonds. The molecule has 1 saturated carbocycles. The summed E-state index contributed by atoms with van der Waals surface area (Å²) in [5.74, 6) is 0.208. The summed E-state index contributed by atoms with van der Waals surface area (Å²) in [7, 11) is 0. The standard InChI is InChI=1S/C39H45N3O2/c1-39(2,3)33-23-17-28(18-24-33)27-41-38(44)35(16-10-11-25-40-36-26-34(36)31-14-8-5-9-15-31)42-37(43)32-21-19-30(20-22-32)29-12-6-4-7-13-29/h4-9,12-15,17-24,34-36,40H,10-11,16,25-27H2,1-3H3,(H,41,44)(H,42,43)/t34?,35-,36+/m0/s1. The van der Waals surface area contributed by atoms with Crippen LogP contribution in [0.1, 0.15) is 79.4 Å². The Morgan fingerprint density at radius 1 is 0.773 bits per heavy atom. The van der Waals surface area contributed by atoms with Crippen LogP contribution in [-0.2, 0) is 16.8 Å². The minimum Gasteiger partial charge on any atom is -0.350 e. The maximum Gasteiger partial charge on any atom is 0.251 e. The van der Waals surface area contributed by atoms with Gasteiger partial charge in [0, 0.05) is 24.1 Å². The van der Waals surface area contributed by atoms with E-state index in [0.29, 0.717) is 30.5 Å². The van der Waals surface area contributed by atoms with Crippen LogP contribution >= 0.6 is 0 Å². The average Bonchev–Trinajstić information content (AvgIpc) is 3.83. The average molecular weight is 588 g/mol. The molecular weight excluding hydrogens is 542 g/mol. The van der Waals surface area contributed by atoms with Crippen LogP contribution in [0.5, 0.6) is 0 Å². The molecule has 0 saturated heterocycles. The van der Waals surface area contributed by atoms with E-state index < -0.39 is 6.04 Å². The van der Waals surface area contributed by atoms with Gasteiger partial charge in [0.1, 0.15) is 6.04 Å². The molecule has 0 radical (unpaired) electrons. The topological polar surface area (TPSA) is 70.2 Å². The Balaban J connectivity index is 1.16. The second-order valence-electron chi connectivity index (χ2n) is 12.9. The van der Waals surface area contributed by atoms with Crippen molar-refractivity contribution in [2.45, 2.75) is 76.4 Å². The van der Waals surface area contributed by atoms with Gasteiger partial charge in [0.05, 0.1) is 0 Å². The Morgan fingerprint density at radius 2 is 1.41 bits per heavy atom. The summed E-state index contributed by atoms with van der Waals surface area (Å²) < 4.78 is 0. The van der Waals surface area contributed by atoms with Gasteiger partial charge >= 0.3 is 0 Å². The van der Waals surface area contributed by atoms with Crippen LogP contribution in [0.25, 0.3) is 11.1 Å². The Bertz CT molecular complexity index is 1490. The number of carbonyl (C=O) groups is 2. The third-order valence-corrected chi connectivity index (χ3v) is 8.51. The summed E-state index contributed by atoms with van der Waals surface area (Å²) in [6, 6.07) is 36.6. The van der Waals surface area contributed by atoms with Crippen LogP contribution in [0.3, 0.4) is 0 Å². The number of amides is 2. The van der Waals surface area contributed by atoms with Crippen molar-refractivity contribution < 1.29 is 9.59 Å². The molecule has 0 spiro atoms. The molecule has 0 aliphatic heterocycles. The predicted octanol–water partition coefficient (Wildman–Crippen LogP) is 7.38. The molecule has 4 aromatic carbocycles. The summed E-state index contributed by atoms with van der Waals surface area (Å²) in [4.78, 5) is 26.7. The lowest BCUT2D eigenvalue weighted by atomic mass is 9.87. The minimum atomic E-state index is -0.608. The SMILES string of the molecule is CC(C)(C)c1ccc(CNC(=O)[C@H](CCCCN[C@@H]2CC2c2ccccc2)NC(=O)c2ccc(-c3ccccc3)cc2)cc1. The molecule has 3 atom stereocenters. The lowest BCUT2D eigenvalue weighted by Crippen LogP contribution is -2.46. The molecule has 44 heavy (non-hydrogen) atoms. The molecule has 1 aliphatic rings. The van der Waals surface area contributed by atoms with Crippen LogP contribution in [0.4, 0.5) is 0 Å². The second kappa shape index (κ2) is 14.5. The zero-order valence-electron chi connectivity index (χ0n) is 26.2. The van der Waals surface area contributed by atoms with Crippen molar-refractivity contribution in [2.75, 3.05) is 6.54 Å². The van der Waals surface area contributed by atoms with Gasteiger partial charge in [-0.05, 0) is 77.6 Å². The van der Waals surface area contributed by atoms with Crippen LogP contribution in [0.2, 0.25) is 0 Å². The van der Waals surface area contributed by atoms with Gasteiger partial charge in [0.2, 0.25) is 5.91 Å². The van der Waals surface area contributed by atoms with E-state index in [-0.39, 0.29) is 17.2 Å². The molecular formula is C39H45N3O2. The van der Waals surface area contributed by atoms with E-state index in [1.54, 1.807) is 0 Å². The smallest absolute Gasteiger partial charge is 0.251 e. The lowest BCUT2D eigenvalue weighted by Gasteiger charge is -2.20. The molecule has 5 heteroatoms. The second-order valence-corrected chi connectivity index (χ2v) is 12.9. The van der Waals surface area contributed by atoms with E-state index in [4.69, 9.17) is 0 Å². The number of hydrogen-bond acceptors (Lipinski definition) is 3. The molecule has 5 rings (SSSR count). The van der Waals surface area contributed by atoms with Gasteiger partial charge in [-0.25, -0.2) is 0 Å². The number of rotatable bonds is 13. The number of benzene rings is 4. The van der Waals surface area contributed by atoms with Gasteiger partial charge in [-0.3, -0.25) is 9.59 Å². The molecule has 1 fully saturated rings. The van der Waals surface area contributed by atoms with Gasteiger partial charge in [0.15, 0.2) is 0 Å². The van der Waals surface area contributed by atoms with Crippen molar-refractivity contribution in [3.8, 4) is 11.1 Å². The first-order valence-corrected chi connectivity index (χ1v) is 15.9. The highest BCUT2D eigenvalue weighted by Gasteiger charge is 2.37. The van der Waals surface area contributed by atoms with Crippen LogP contribution in [-0.4, -0.2) is 30.4 Å². The van der Waals surface area contributed by atoms with Crippen LogP contribution in [0, 0.1) is 0 Å². The highest BCUT2D eigenvalue weighted by Crippen LogP contribution is 2.40. The third kappa shape index (κ3) is 8.67. The first kappa shape index (κ1) is 31.2. The van der Waals surface area contributed by atoms with E-state index in [0.717, 1.165) is 36.1 Å². The molecule has 1 aliphatic carbocycles. The maximum absolute atomic E-state index is 13.4. The summed E-state index contributed by atoms with van der Waals surface area (Å²) in [6.45, 7) is 7.89. The molecule has 3 N–H and O–H groups in total. The Kier molecular flexibility index (Phi) is 10.3. The summed E-state index contributed by atoms with van der Waals surface area (Å²) in [6.07, 6.45) is 3.53. The fourth-order valence-electron chi connectivity index (χ4n) is 5.64. The minimum absolute atomic E-state index is 0.0767. The highest BCUT2D eigenvalue weighted by atomic mass is 16.2. The Hall–Kier alpha value is -4.22. The molecule has 4 aromatic rings. The van der Waals surface area contributed by atoms with Crippen molar-refractivity contribution >= 4 is 11.8 Å². The highest BCUT2D eigenvalue weighted by molar-refractivity contribution is 5.97. The van der Waals surface area contributed by atoms with E-state index in [2.05, 4.69) is 91.3 Å². The van der Waals surface area contributed by atoms with E-state index in [1.807, 2.05) is 54.6 Å². The van der Waals surface area contributed by atoms with Crippen LogP contribution < -0.4 is 16.0 Å². The Labute approximate surface area is 262 Å².